The third-order valence-corrected chi connectivity index (χ3v) is 10.7. The van der Waals surface area contributed by atoms with Crippen molar-refractivity contribution >= 4 is 43.2 Å². The SMILES string of the molecule is C[Si](C)(C)[Ti][C]1=CC(C(c2ccccc2)c2ccccc2)=CC1.Cl.Cl.Cl. The molecule has 140 valence electrons. The summed E-state index contributed by atoms with van der Waals surface area (Å²) in [5, 5.41) is 0. The second-order valence-electron chi connectivity index (χ2n) is 7.21. The summed E-state index contributed by atoms with van der Waals surface area (Å²) in [5.74, 6) is -0.544. The third-order valence-electron chi connectivity index (χ3n) is 4.03. The van der Waals surface area contributed by atoms with Gasteiger partial charge < -0.3 is 0 Å². The Morgan fingerprint density at radius 1 is 0.769 bits per heavy atom. The van der Waals surface area contributed by atoms with E-state index in [0.717, 1.165) is 0 Å². The molecule has 0 aromatic heterocycles. The monoisotopic (exact) mass is 460 g/mol. The standard InChI is InChI=1S/C18H15.C3H9Si.3ClH.Ti/c1-3-9-15(10-4-1)18(17-13-7-8-14-17)16-11-5-2-6-12-16;1-4(2)3;;;;/h1-6,9-14,18H,7H2;1-3H3;3*1H;. The molecule has 0 N–H and O–H groups in total. The van der Waals surface area contributed by atoms with E-state index in [9.17, 15) is 0 Å². The van der Waals surface area contributed by atoms with Crippen LogP contribution in [0.1, 0.15) is 23.5 Å². The molecule has 0 spiro atoms. The fourth-order valence-corrected chi connectivity index (χ4v) is 10.1. The zero-order valence-corrected chi connectivity index (χ0v) is 20.4. The maximum Gasteiger partial charge on any atom is -0.147 e. The van der Waals surface area contributed by atoms with Gasteiger partial charge in [0.1, 0.15) is 0 Å². The molecule has 0 bridgehead atoms. The molecule has 0 nitrogen and oxygen atoms in total. The van der Waals surface area contributed by atoms with Gasteiger partial charge in [0.15, 0.2) is 0 Å². The van der Waals surface area contributed by atoms with Gasteiger partial charge in [-0.05, 0) is 0 Å². The zero-order valence-electron chi connectivity index (χ0n) is 15.4. The number of hydrogen-bond acceptors (Lipinski definition) is 0. The Kier molecular flexibility index (Phi) is 11.4. The second-order valence-corrected chi connectivity index (χ2v) is 21.2. The second kappa shape index (κ2) is 11.5. The molecule has 0 heterocycles. The van der Waals surface area contributed by atoms with Crippen LogP contribution in [0.4, 0.5) is 0 Å². The fraction of sp³-hybridized carbons (Fsp3) is 0.238. The van der Waals surface area contributed by atoms with Crippen LogP contribution in [-0.2, 0) is 18.4 Å². The van der Waals surface area contributed by atoms with Crippen molar-refractivity contribution in [2.75, 3.05) is 0 Å². The summed E-state index contributed by atoms with van der Waals surface area (Å²) in [6.45, 7) is 7.53. The Balaban J connectivity index is 0.00000208. The van der Waals surface area contributed by atoms with Gasteiger partial charge >= 0.3 is 150 Å². The molecule has 26 heavy (non-hydrogen) atoms. The smallest absolute Gasteiger partial charge is 0.147 e. The molecule has 0 atom stereocenters. The first-order valence-electron chi connectivity index (χ1n) is 8.32. The molecule has 3 rings (SSSR count). The number of hydrogen-bond donors (Lipinski definition) is 0. The Morgan fingerprint density at radius 3 is 1.65 bits per heavy atom. The van der Waals surface area contributed by atoms with Crippen LogP contribution in [-0.4, -0.2) is 5.94 Å². The van der Waals surface area contributed by atoms with Crippen LogP contribution in [0, 0.1) is 0 Å². The first-order chi connectivity index (χ1) is 11.0. The van der Waals surface area contributed by atoms with Gasteiger partial charge in [0.05, 0.1) is 0 Å². The maximum atomic E-state index is 2.53. The fourth-order valence-electron chi connectivity index (χ4n) is 3.19. The van der Waals surface area contributed by atoms with Gasteiger partial charge in [0, 0.05) is 0 Å². The molecule has 1 aliphatic carbocycles. The summed E-state index contributed by atoms with van der Waals surface area (Å²) >= 11 is 0.0864. The Labute approximate surface area is 185 Å². The topological polar surface area (TPSA) is 0 Å². The quantitative estimate of drug-likeness (QED) is 0.413. The molecule has 0 unspecified atom stereocenters. The van der Waals surface area contributed by atoms with E-state index in [0.29, 0.717) is 5.92 Å². The first-order valence-corrected chi connectivity index (χ1v) is 14.9. The summed E-state index contributed by atoms with van der Waals surface area (Å²) in [4.78, 5) is 0. The van der Waals surface area contributed by atoms with Crippen LogP contribution in [0.15, 0.2) is 82.3 Å². The van der Waals surface area contributed by atoms with Crippen molar-refractivity contribution in [1.82, 2.24) is 0 Å². The number of allylic oxidation sites excluding steroid dienone is 4. The predicted molar refractivity (Wildman–Crippen MR) is 121 cm³/mol. The van der Waals surface area contributed by atoms with Crippen molar-refractivity contribution in [3.05, 3.63) is 93.4 Å². The van der Waals surface area contributed by atoms with Crippen LogP contribution in [0.5, 0.6) is 0 Å². The molecule has 2 aromatic rings. The normalized spacial score (nSPS) is 12.9. The van der Waals surface area contributed by atoms with Gasteiger partial charge in [-0.3, -0.25) is 0 Å². The molecule has 0 radical (unpaired) electrons. The zero-order chi connectivity index (χ0) is 16.3. The molecule has 0 saturated carbocycles. The summed E-state index contributed by atoms with van der Waals surface area (Å²) in [7, 11) is 0. The van der Waals surface area contributed by atoms with E-state index in [1.165, 1.54) is 23.1 Å². The number of benzene rings is 2. The molecule has 0 amide bonds. The molecule has 0 aliphatic heterocycles. The van der Waals surface area contributed by atoms with Crippen molar-refractivity contribution in [1.29, 1.82) is 0 Å². The van der Waals surface area contributed by atoms with Gasteiger partial charge in [-0.15, -0.1) is 37.2 Å². The first kappa shape index (κ1) is 25.7. The van der Waals surface area contributed by atoms with Crippen LogP contribution < -0.4 is 0 Å². The Morgan fingerprint density at radius 2 is 1.23 bits per heavy atom. The van der Waals surface area contributed by atoms with Gasteiger partial charge in [0.25, 0.3) is 0 Å². The van der Waals surface area contributed by atoms with E-state index in [1.54, 1.807) is 3.88 Å². The van der Waals surface area contributed by atoms with Crippen molar-refractivity contribution in [3.63, 3.8) is 0 Å². The molecule has 2 aromatic carbocycles. The molecular weight excluding hydrogens is 435 g/mol. The predicted octanol–water partition coefficient (Wildman–Crippen LogP) is 7.22. The minimum Gasteiger partial charge on any atom is -0.147 e. The average Bonchev–Trinajstić information content (AvgIpc) is 2.96. The average molecular weight is 462 g/mol. The van der Waals surface area contributed by atoms with E-state index < -0.39 is 5.94 Å². The Bertz CT molecular complexity index is 682. The summed E-state index contributed by atoms with van der Waals surface area (Å²) < 4.78 is 1.75. The molecule has 5 heteroatoms. The molecular formula is C21H27Cl3SiTi. The van der Waals surface area contributed by atoms with Crippen LogP contribution in [0.3, 0.4) is 0 Å². The molecule has 1 aliphatic rings. The minimum absolute atomic E-state index is 0. The maximum absolute atomic E-state index is 2.53. The van der Waals surface area contributed by atoms with Gasteiger partial charge in [-0.25, -0.2) is 0 Å². The van der Waals surface area contributed by atoms with E-state index in [-0.39, 0.29) is 55.6 Å². The molecule has 0 saturated heterocycles. The van der Waals surface area contributed by atoms with E-state index >= 15 is 0 Å². The van der Waals surface area contributed by atoms with Crippen LogP contribution in [0.25, 0.3) is 0 Å². The van der Waals surface area contributed by atoms with Crippen LogP contribution in [0.2, 0.25) is 19.6 Å². The van der Waals surface area contributed by atoms with E-state index in [2.05, 4.69) is 92.5 Å². The largest absolute Gasteiger partial charge is 0.147 e. The van der Waals surface area contributed by atoms with Crippen molar-refractivity contribution in [2.45, 2.75) is 32.0 Å². The van der Waals surface area contributed by atoms with Gasteiger partial charge in [0.2, 0.25) is 0 Å². The number of halogens is 3. The summed E-state index contributed by atoms with van der Waals surface area (Å²) in [5.41, 5.74) is 4.30. The Hall–Kier alpha value is -0.279. The minimum atomic E-state index is -0.922. The molecule has 0 fully saturated rings. The van der Waals surface area contributed by atoms with Gasteiger partial charge in [-0.1, -0.05) is 0 Å². The summed E-state index contributed by atoms with van der Waals surface area (Å²) in [6.07, 6.45) is 6.20. The van der Waals surface area contributed by atoms with Crippen LogP contribution >= 0.6 is 37.2 Å². The van der Waals surface area contributed by atoms with Crippen molar-refractivity contribution < 1.29 is 18.4 Å². The van der Waals surface area contributed by atoms with Crippen molar-refractivity contribution in [3.8, 4) is 0 Å². The third kappa shape index (κ3) is 7.04. The van der Waals surface area contributed by atoms with Gasteiger partial charge in [-0.2, -0.15) is 0 Å². The van der Waals surface area contributed by atoms with Crippen molar-refractivity contribution in [2.24, 2.45) is 0 Å². The number of rotatable bonds is 5. The van der Waals surface area contributed by atoms with E-state index in [4.69, 9.17) is 0 Å². The van der Waals surface area contributed by atoms with E-state index in [1.807, 2.05) is 0 Å². The summed E-state index contributed by atoms with van der Waals surface area (Å²) in [6, 6.07) is 21.9.